The number of halogens is 2. The van der Waals surface area contributed by atoms with Crippen molar-refractivity contribution in [1.82, 2.24) is 9.97 Å². The molecule has 0 fully saturated rings. The van der Waals surface area contributed by atoms with E-state index in [-0.39, 0.29) is 16.0 Å². The van der Waals surface area contributed by atoms with E-state index in [9.17, 15) is 4.79 Å². The van der Waals surface area contributed by atoms with E-state index < -0.39 is 0 Å². The van der Waals surface area contributed by atoms with Crippen molar-refractivity contribution < 1.29 is 14.3 Å². The van der Waals surface area contributed by atoms with Crippen molar-refractivity contribution >= 4 is 34.8 Å². The van der Waals surface area contributed by atoms with Crippen LogP contribution in [0.3, 0.4) is 0 Å². The minimum absolute atomic E-state index is 0.251. The largest absolute Gasteiger partial charge is 0.493 e. The van der Waals surface area contributed by atoms with Crippen LogP contribution in [-0.2, 0) is 6.42 Å². The van der Waals surface area contributed by atoms with Gasteiger partial charge in [-0.15, -0.1) is 0 Å². The van der Waals surface area contributed by atoms with Crippen LogP contribution in [-0.4, -0.2) is 29.6 Å². The Hall–Kier alpha value is -2.83. The number of aryl methyl sites for hydroxylation is 1. The van der Waals surface area contributed by atoms with Crippen LogP contribution in [0.4, 0.5) is 5.69 Å². The quantitative estimate of drug-likeness (QED) is 0.571. The molecule has 0 saturated heterocycles. The zero-order valence-corrected chi connectivity index (χ0v) is 17.4. The Bertz CT molecular complexity index is 1010. The average Bonchev–Trinajstić information content (AvgIpc) is 2.72. The van der Waals surface area contributed by atoms with Crippen LogP contribution in [0.15, 0.2) is 48.9 Å². The first-order valence-corrected chi connectivity index (χ1v) is 9.57. The molecule has 0 bridgehead atoms. The minimum Gasteiger partial charge on any atom is -0.493 e. The predicted molar refractivity (Wildman–Crippen MR) is 113 cm³/mol. The molecule has 6 nitrogen and oxygen atoms in total. The second-order valence-electron chi connectivity index (χ2n) is 6.16. The Morgan fingerprint density at radius 2 is 1.90 bits per heavy atom. The van der Waals surface area contributed by atoms with E-state index in [2.05, 4.69) is 15.3 Å². The fourth-order valence-corrected chi connectivity index (χ4v) is 3.14. The summed E-state index contributed by atoms with van der Waals surface area (Å²) in [6.07, 6.45) is 5.20. The maximum Gasteiger partial charge on any atom is 0.255 e. The van der Waals surface area contributed by atoms with Gasteiger partial charge in [0.2, 0.25) is 0 Å². The predicted octanol–water partition coefficient (Wildman–Crippen LogP) is 4.97. The molecule has 0 spiro atoms. The summed E-state index contributed by atoms with van der Waals surface area (Å²) in [7, 11) is 1.54. The van der Waals surface area contributed by atoms with Crippen molar-refractivity contribution in [1.29, 1.82) is 0 Å². The maximum absolute atomic E-state index is 12.7. The second-order valence-corrected chi connectivity index (χ2v) is 6.98. The van der Waals surface area contributed by atoms with Gasteiger partial charge in [-0.25, -0.2) is 0 Å². The average molecular weight is 432 g/mol. The van der Waals surface area contributed by atoms with Crippen LogP contribution in [0.5, 0.6) is 11.5 Å². The summed E-state index contributed by atoms with van der Waals surface area (Å²) in [6.45, 7) is 2.39. The van der Waals surface area contributed by atoms with Crippen LogP contribution >= 0.6 is 23.2 Å². The number of nitrogens with one attached hydrogen (secondary N) is 1. The number of amides is 1. The van der Waals surface area contributed by atoms with Gasteiger partial charge in [-0.3, -0.25) is 14.8 Å². The molecule has 0 atom stereocenters. The number of hydrogen-bond acceptors (Lipinski definition) is 5. The number of aromatic nitrogens is 2. The molecule has 3 aromatic rings. The van der Waals surface area contributed by atoms with Gasteiger partial charge in [0.1, 0.15) is 0 Å². The molecule has 29 heavy (non-hydrogen) atoms. The molecule has 0 aliphatic heterocycles. The first-order valence-electron chi connectivity index (χ1n) is 8.81. The molecule has 8 heteroatoms. The molecule has 150 valence electrons. The van der Waals surface area contributed by atoms with Gasteiger partial charge in [0.05, 0.1) is 29.4 Å². The van der Waals surface area contributed by atoms with Gasteiger partial charge < -0.3 is 14.8 Å². The highest BCUT2D eigenvalue weighted by Crippen LogP contribution is 2.31. The number of nitrogens with zero attached hydrogens (tertiary/aromatic N) is 2. The molecule has 0 saturated carbocycles. The van der Waals surface area contributed by atoms with Gasteiger partial charge in [0, 0.05) is 36.3 Å². The lowest BCUT2D eigenvalue weighted by Gasteiger charge is -2.13. The molecular weight excluding hydrogens is 413 g/mol. The third kappa shape index (κ3) is 5.16. The van der Waals surface area contributed by atoms with E-state index in [1.54, 1.807) is 31.5 Å². The number of anilines is 1. The zero-order chi connectivity index (χ0) is 20.8. The van der Waals surface area contributed by atoms with Crippen molar-refractivity contribution in [2.75, 3.05) is 19.0 Å². The first-order chi connectivity index (χ1) is 14.0. The summed E-state index contributed by atoms with van der Waals surface area (Å²) in [4.78, 5) is 20.9. The summed E-state index contributed by atoms with van der Waals surface area (Å²) in [5.74, 6) is 0.605. The van der Waals surface area contributed by atoms with E-state index in [1.807, 2.05) is 19.1 Å². The first kappa shape index (κ1) is 20.9. The number of pyridine rings is 2. The summed E-state index contributed by atoms with van der Waals surface area (Å²) >= 11 is 12.1. The minimum atomic E-state index is -0.381. The number of carbonyl (C=O) groups is 1. The number of rotatable bonds is 7. The van der Waals surface area contributed by atoms with Crippen LogP contribution < -0.4 is 14.8 Å². The molecular formula is C21H19Cl2N3O3. The Balaban J connectivity index is 1.74. The van der Waals surface area contributed by atoms with Gasteiger partial charge in [0.25, 0.3) is 5.91 Å². The highest BCUT2D eigenvalue weighted by atomic mass is 35.5. The van der Waals surface area contributed by atoms with Gasteiger partial charge in [0.15, 0.2) is 11.5 Å². The molecule has 0 aliphatic carbocycles. The molecule has 1 amide bonds. The van der Waals surface area contributed by atoms with Crippen LogP contribution in [0, 0.1) is 6.92 Å². The number of methoxy groups -OCH3 is 1. The Kier molecular flexibility index (Phi) is 6.90. The van der Waals surface area contributed by atoms with Crippen molar-refractivity contribution in [3.05, 3.63) is 75.8 Å². The molecule has 1 N–H and O–H groups in total. The SMILES string of the molecule is COc1ccc(C(=O)Nc2c(Cl)cncc2Cl)cc1OCCc1ncccc1C. The van der Waals surface area contributed by atoms with E-state index in [0.29, 0.717) is 35.8 Å². The van der Waals surface area contributed by atoms with Crippen molar-refractivity contribution in [2.45, 2.75) is 13.3 Å². The Labute approximate surface area is 178 Å². The smallest absolute Gasteiger partial charge is 0.255 e. The van der Waals surface area contributed by atoms with E-state index in [0.717, 1.165) is 11.3 Å². The number of carbonyl (C=O) groups excluding carboxylic acids is 1. The fraction of sp³-hybridized carbons (Fsp3) is 0.190. The summed E-state index contributed by atoms with van der Waals surface area (Å²) in [5, 5.41) is 3.20. The topological polar surface area (TPSA) is 73.3 Å². The molecule has 0 unspecified atom stereocenters. The third-order valence-electron chi connectivity index (χ3n) is 4.23. The zero-order valence-electron chi connectivity index (χ0n) is 15.9. The van der Waals surface area contributed by atoms with Crippen LogP contribution in [0.25, 0.3) is 0 Å². The monoisotopic (exact) mass is 431 g/mol. The third-order valence-corrected chi connectivity index (χ3v) is 4.81. The fourth-order valence-electron chi connectivity index (χ4n) is 2.68. The lowest BCUT2D eigenvalue weighted by Crippen LogP contribution is -2.13. The van der Waals surface area contributed by atoms with E-state index >= 15 is 0 Å². The molecule has 2 aromatic heterocycles. The van der Waals surface area contributed by atoms with E-state index in [4.69, 9.17) is 32.7 Å². The molecule has 1 aromatic carbocycles. The van der Waals surface area contributed by atoms with E-state index in [1.165, 1.54) is 12.4 Å². The van der Waals surface area contributed by atoms with Crippen molar-refractivity contribution in [3.63, 3.8) is 0 Å². The number of benzene rings is 1. The lowest BCUT2D eigenvalue weighted by atomic mass is 10.1. The van der Waals surface area contributed by atoms with Gasteiger partial charge in [-0.2, -0.15) is 0 Å². The highest BCUT2D eigenvalue weighted by Gasteiger charge is 2.15. The van der Waals surface area contributed by atoms with Crippen molar-refractivity contribution in [2.24, 2.45) is 0 Å². The summed E-state index contributed by atoms with van der Waals surface area (Å²) < 4.78 is 11.2. The number of ether oxygens (including phenoxy) is 2. The van der Waals surface area contributed by atoms with Gasteiger partial charge >= 0.3 is 0 Å². The van der Waals surface area contributed by atoms with Gasteiger partial charge in [-0.1, -0.05) is 29.3 Å². The number of hydrogen-bond donors (Lipinski definition) is 1. The standard InChI is InChI=1S/C21H19Cl2N3O3/c1-13-4-3-8-25-17(13)7-9-29-19-10-14(5-6-18(19)28-2)21(27)26-20-15(22)11-24-12-16(20)23/h3-6,8,10-12H,7,9H2,1-2H3,(H,24,26,27). The molecule has 2 heterocycles. The Morgan fingerprint density at radius 3 is 2.59 bits per heavy atom. The maximum atomic E-state index is 12.7. The summed E-state index contributed by atoms with van der Waals surface area (Å²) in [6, 6.07) is 8.82. The van der Waals surface area contributed by atoms with Crippen LogP contribution in [0.2, 0.25) is 10.0 Å². The normalized spacial score (nSPS) is 10.5. The van der Waals surface area contributed by atoms with Crippen molar-refractivity contribution in [3.8, 4) is 11.5 Å². The second kappa shape index (κ2) is 9.58. The van der Waals surface area contributed by atoms with Gasteiger partial charge in [-0.05, 0) is 36.8 Å². The molecule has 0 aliphatic rings. The molecule has 0 radical (unpaired) electrons. The van der Waals surface area contributed by atoms with Crippen LogP contribution in [0.1, 0.15) is 21.6 Å². The Morgan fingerprint density at radius 1 is 1.14 bits per heavy atom. The lowest BCUT2D eigenvalue weighted by molar-refractivity contribution is 0.102. The highest BCUT2D eigenvalue weighted by molar-refractivity contribution is 6.39. The summed E-state index contributed by atoms with van der Waals surface area (Å²) in [5.41, 5.74) is 2.74. The molecule has 3 rings (SSSR count).